The Bertz CT molecular complexity index is 1380. The molecule has 1 aliphatic rings. The van der Waals surface area contributed by atoms with Gasteiger partial charge in [-0.2, -0.15) is 4.31 Å². The van der Waals surface area contributed by atoms with Gasteiger partial charge >= 0.3 is 6.01 Å². The topological polar surface area (TPSA) is 140 Å². The number of hydrogen-bond donors (Lipinski definition) is 1. The average molecular weight is 477 g/mol. The molecule has 1 amide bonds. The number of benzene rings is 2. The number of sulfone groups is 1. The van der Waals surface area contributed by atoms with Crippen LogP contribution in [0.5, 0.6) is 0 Å². The molecule has 1 N–H and O–H groups in total. The van der Waals surface area contributed by atoms with Crippen molar-refractivity contribution >= 4 is 31.8 Å². The molecule has 0 saturated heterocycles. The molecular weight excluding hydrogens is 456 g/mol. The summed E-state index contributed by atoms with van der Waals surface area (Å²) in [5.74, 6) is -0.528. The molecule has 1 saturated carbocycles. The number of aromatic nitrogens is 2. The Balaban J connectivity index is 1.48. The van der Waals surface area contributed by atoms with Gasteiger partial charge in [0.25, 0.3) is 5.91 Å². The molecule has 168 valence electrons. The molecule has 1 aromatic heterocycles. The Kier molecular flexibility index (Phi) is 5.61. The smallest absolute Gasteiger partial charge is 0.322 e. The summed E-state index contributed by atoms with van der Waals surface area (Å²) in [4.78, 5) is 12.7. The van der Waals surface area contributed by atoms with E-state index in [0.717, 1.165) is 19.1 Å². The largest absolute Gasteiger partial charge is 0.403 e. The molecule has 0 atom stereocenters. The van der Waals surface area contributed by atoms with Crippen molar-refractivity contribution in [3.63, 3.8) is 0 Å². The van der Waals surface area contributed by atoms with Crippen LogP contribution in [-0.2, 0) is 19.9 Å². The summed E-state index contributed by atoms with van der Waals surface area (Å²) in [6, 6.07) is 11.4. The number of anilines is 1. The van der Waals surface area contributed by atoms with Crippen LogP contribution in [-0.4, -0.2) is 56.6 Å². The molecule has 1 aliphatic carbocycles. The van der Waals surface area contributed by atoms with E-state index in [0.29, 0.717) is 5.56 Å². The van der Waals surface area contributed by atoms with Crippen molar-refractivity contribution < 1.29 is 26.0 Å². The van der Waals surface area contributed by atoms with Crippen LogP contribution >= 0.6 is 0 Å². The molecule has 10 nitrogen and oxygen atoms in total. The van der Waals surface area contributed by atoms with Gasteiger partial charge in [-0.25, -0.2) is 16.8 Å². The van der Waals surface area contributed by atoms with E-state index in [1.807, 2.05) is 0 Å². The van der Waals surface area contributed by atoms with E-state index in [2.05, 4.69) is 15.5 Å². The molecule has 1 fully saturated rings. The molecule has 12 heteroatoms. The highest BCUT2D eigenvalue weighted by Crippen LogP contribution is 2.30. The van der Waals surface area contributed by atoms with E-state index < -0.39 is 25.8 Å². The monoisotopic (exact) mass is 476 g/mol. The van der Waals surface area contributed by atoms with Gasteiger partial charge in [0.15, 0.2) is 9.84 Å². The third-order valence-electron chi connectivity index (χ3n) is 5.01. The normalized spacial score (nSPS) is 14.5. The zero-order chi connectivity index (χ0) is 23.1. The van der Waals surface area contributed by atoms with Gasteiger partial charge in [-0.05, 0) is 55.3 Å². The molecule has 0 radical (unpaired) electrons. The van der Waals surface area contributed by atoms with E-state index in [4.69, 9.17) is 4.42 Å². The number of carbonyl (C=O) groups excluding carboxylic acids is 1. The Hall–Kier alpha value is -3.09. The molecule has 1 heterocycles. The van der Waals surface area contributed by atoms with E-state index in [1.165, 1.54) is 40.7 Å². The Morgan fingerprint density at radius 2 is 1.72 bits per heavy atom. The third-order valence-corrected chi connectivity index (χ3v) is 8.04. The van der Waals surface area contributed by atoms with E-state index >= 15 is 0 Å². The van der Waals surface area contributed by atoms with Gasteiger partial charge in [-0.1, -0.05) is 11.2 Å². The summed E-state index contributed by atoms with van der Waals surface area (Å²) < 4.78 is 55.3. The maximum Gasteiger partial charge on any atom is 0.322 e. The van der Waals surface area contributed by atoms with E-state index in [-0.39, 0.29) is 33.3 Å². The first kappa shape index (κ1) is 22.1. The van der Waals surface area contributed by atoms with Crippen molar-refractivity contribution in [2.24, 2.45) is 0 Å². The number of carbonyl (C=O) groups is 1. The van der Waals surface area contributed by atoms with Gasteiger partial charge < -0.3 is 4.42 Å². The lowest BCUT2D eigenvalue weighted by Crippen LogP contribution is -2.29. The number of hydrogen-bond acceptors (Lipinski definition) is 8. The Labute approximate surface area is 185 Å². The molecule has 0 spiro atoms. The van der Waals surface area contributed by atoms with Gasteiger partial charge in [-0.15, -0.1) is 5.10 Å². The lowest BCUT2D eigenvalue weighted by molar-refractivity contribution is 0.102. The Morgan fingerprint density at radius 1 is 1.03 bits per heavy atom. The third kappa shape index (κ3) is 4.56. The van der Waals surface area contributed by atoms with Gasteiger partial charge in [0.1, 0.15) is 0 Å². The molecule has 0 aliphatic heterocycles. The highest BCUT2D eigenvalue weighted by molar-refractivity contribution is 7.90. The van der Waals surface area contributed by atoms with Gasteiger partial charge in [0.2, 0.25) is 15.9 Å². The highest BCUT2D eigenvalue weighted by atomic mass is 32.2. The average Bonchev–Trinajstić information content (AvgIpc) is 3.51. The molecule has 4 rings (SSSR count). The van der Waals surface area contributed by atoms with Gasteiger partial charge in [0, 0.05) is 30.5 Å². The summed E-state index contributed by atoms with van der Waals surface area (Å²) in [5.41, 5.74) is 0.590. The molecule has 0 unspecified atom stereocenters. The summed E-state index contributed by atoms with van der Waals surface area (Å²) in [7, 11) is -5.46. The number of rotatable bonds is 7. The molecular formula is C20H20N4O6S2. The van der Waals surface area contributed by atoms with Crippen molar-refractivity contribution in [1.29, 1.82) is 0 Å². The van der Waals surface area contributed by atoms with Crippen LogP contribution in [0.4, 0.5) is 6.01 Å². The number of sulfonamides is 1. The minimum atomic E-state index is -3.60. The number of amides is 1. The molecule has 2 aromatic carbocycles. The first-order chi connectivity index (χ1) is 15.1. The molecule has 32 heavy (non-hydrogen) atoms. The van der Waals surface area contributed by atoms with Crippen molar-refractivity contribution in [2.45, 2.75) is 28.7 Å². The lowest BCUT2D eigenvalue weighted by Gasteiger charge is -2.16. The van der Waals surface area contributed by atoms with Crippen molar-refractivity contribution in [3.8, 4) is 11.5 Å². The van der Waals surface area contributed by atoms with Crippen LogP contribution < -0.4 is 5.32 Å². The van der Waals surface area contributed by atoms with Crippen molar-refractivity contribution in [3.05, 3.63) is 54.1 Å². The van der Waals surface area contributed by atoms with Crippen LogP contribution in [0.25, 0.3) is 11.5 Å². The van der Waals surface area contributed by atoms with E-state index in [1.54, 1.807) is 19.2 Å². The van der Waals surface area contributed by atoms with Crippen LogP contribution in [0.1, 0.15) is 23.2 Å². The van der Waals surface area contributed by atoms with Crippen LogP contribution in [0.15, 0.2) is 62.7 Å². The summed E-state index contributed by atoms with van der Waals surface area (Å²) >= 11 is 0. The fourth-order valence-electron chi connectivity index (χ4n) is 3.00. The summed E-state index contributed by atoms with van der Waals surface area (Å²) in [5, 5.41) is 10.0. The first-order valence-electron chi connectivity index (χ1n) is 9.59. The zero-order valence-electron chi connectivity index (χ0n) is 17.2. The van der Waals surface area contributed by atoms with Crippen LogP contribution in [0.3, 0.4) is 0 Å². The standard InChI is InChI=1S/C20H20N4O6S2/c1-24(15-8-9-15)32(28,29)16-10-6-13(7-11-16)18(25)21-20-23-22-19(30-20)14-4-3-5-17(12-14)31(2,26)27/h3-7,10-12,15H,8-9H2,1-2H3,(H,21,23,25). The number of nitrogens with zero attached hydrogens (tertiary/aromatic N) is 3. The summed E-state index contributed by atoms with van der Waals surface area (Å²) in [6.45, 7) is 0. The maximum absolute atomic E-state index is 12.6. The number of nitrogens with one attached hydrogen (secondary N) is 1. The van der Waals surface area contributed by atoms with Gasteiger partial charge in [-0.3, -0.25) is 10.1 Å². The Morgan fingerprint density at radius 3 is 2.34 bits per heavy atom. The second-order valence-electron chi connectivity index (χ2n) is 7.44. The minimum absolute atomic E-state index is 0.0350. The summed E-state index contributed by atoms with van der Waals surface area (Å²) in [6.07, 6.45) is 2.79. The van der Waals surface area contributed by atoms with E-state index in [9.17, 15) is 21.6 Å². The van der Waals surface area contributed by atoms with Crippen LogP contribution in [0.2, 0.25) is 0 Å². The fourth-order valence-corrected chi connectivity index (χ4v) is 5.08. The fraction of sp³-hybridized carbons (Fsp3) is 0.250. The maximum atomic E-state index is 12.6. The lowest BCUT2D eigenvalue weighted by atomic mass is 10.2. The van der Waals surface area contributed by atoms with Crippen molar-refractivity contribution in [1.82, 2.24) is 14.5 Å². The van der Waals surface area contributed by atoms with Gasteiger partial charge in [0.05, 0.1) is 9.79 Å². The molecule has 0 bridgehead atoms. The van der Waals surface area contributed by atoms with Crippen LogP contribution in [0, 0.1) is 0 Å². The van der Waals surface area contributed by atoms with Crippen molar-refractivity contribution in [2.75, 3.05) is 18.6 Å². The predicted octanol–water partition coefficient (Wildman–Crippen LogP) is 2.18. The zero-order valence-corrected chi connectivity index (χ0v) is 18.9. The first-order valence-corrected chi connectivity index (χ1v) is 12.9. The predicted molar refractivity (Wildman–Crippen MR) is 115 cm³/mol. The quantitative estimate of drug-likeness (QED) is 0.547. The molecule has 3 aromatic rings. The second kappa shape index (κ2) is 8.11. The second-order valence-corrected chi connectivity index (χ2v) is 11.5. The SMILES string of the molecule is CN(C1CC1)S(=O)(=O)c1ccc(C(=O)Nc2nnc(-c3cccc(S(C)(=O)=O)c3)o2)cc1. The highest BCUT2D eigenvalue weighted by Gasteiger charge is 2.35. The minimum Gasteiger partial charge on any atom is -0.403 e.